The van der Waals surface area contributed by atoms with E-state index in [1.165, 1.54) is 18.2 Å². The van der Waals surface area contributed by atoms with Crippen molar-refractivity contribution in [3.8, 4) is 11.5 Å². The van der Waals surface area contributed by atoms with Crippen LogP contribution in [0.4, 0.5) is 0 Å². The number of nitrogens with one attached hydrogen (secondary N) is 2. The van der Waals surface area contributed by atoms with E-state index in [1.807, 2.05) is 0 Å². The van der Waals surface area contributed by atoms with Gasteiger partial charge >= 0.3 is 0 Å². The van der Waals surface area contributed by atoms with Gasteiger partial charge in [0.05, 0.1) is 12.1 Å². The molecular formula is C12H16N2O4. The summed E-state index contributed by atoms with van der Waals surface area (Å²) in [5.41, 5.74) is -0.164. The fourth-order valence-electron chi connectivity index (χ4n) is 2.01. The first-order valence-electron chi connectivity index (χ1n) is 5.80. The molecule has 1 heterocycles. The molecule has 1 aromatic rings. The Bertz CT molecular complexity index is 429. The Morgan fingerprint density at radius 3 is 2.61 bits per heavy atom. The van der Waals surface area contributed by atoms with E-state index in [9.17, 15) is 20.1 Å². The van der Waals surface area contributed by atoms with Crippen LogP contribution in [0, 0.1) is 0 Å². The molecule has 0 saturated carbocycles. The summed E-state index contributed by atoms with van der Waals surface area (Å²) in [6.07, 6.45) is -0.0722. The second-order valence-corrected chi connectivity index (χ2v) is 4.31. The number of amides is 1. The summed E-state index contributed by atoms with van der Waals surface area (Å²) in [7, 11) is 0. The number of phenolic OH excluding ortho intramolecular Hbond substituents is 2. The van der Waals surface area contributed by atoms with E-state index >= 15 is 0 Å². The van der Waals surface area contributed by atoms with Crippen LogP contribution < -0.4 is 10.6 Å². The SMILES string of the molecule is O=C(N[C@@H]1CCNC[C@H]1O)c1c(O)cccc1O. The Morgan fingerprint density at radius 2 is 2.00 bits per heavy atom. The first-order valence-corrected chi connectivity index (χ1v) is 5.80. The Labute approximate surface area is 104 Å². The molecule has 0 radical (unpaired) electrons. The van der Waals surface area contributed by atoms with E-state index in [1.54, 1.807) is 0 Å². The number of piperidine rings is 1. The summed E-state index contributed by atoms with van der Waals surface area (Å²) in [6.45, 7) is 1.12. The van der Waals surface area contributed by atoms with Gasteiger partial charge in [-0.2, -0.15) is 0 Å². The lowest BCUT2D eigenvalue weighted by Crippen LogP contribution is -2.52. The van der Waals surface area contributed by atoms with Crippen molar-refractivity contribution in [1.29, 1.82) is 0 Å². The maximum atomic E-state index is 11.9. The highest BCUT2D eigenvalue weighted by Gasteiger charge is 2.26. The molecule has 18 heavy (non-hydrogen) atoms. The van der Waals surface area contributed by atoms with E-state index in [0.717, 1.165) is 0 Å². The lowest BCUT2D eigenvalue weighted by Gasteiger charge is -2.29. The molecule has 1 aliphatic heterocycles. The van der Waals surface area contributed by atoms with E-state index < -0.39 is 12.0 Å². The Morgan fingerprint density at radius 1 is 1.33 bits per heavy atom. The van der Waals surface area contributed by atoms with Crippen LogP contribution in [-0.4, -0.2) is 46.5 Å². The second kappa shape index (κ2) is 5.24. The predicted molar refractivity (Wildman–Crippen MR) is 64.5 cm³/mol. The summed E-state index contributed by atoms with van der Waals surface area (Å²) in [6, 6.07) is 3.72. The Balaban J connectivity index is 2.12. The fraction of sp³-hybridized carbons (Fsp3) is 0.417. The quantitative estimate of drug-likeness (QED) is 0.491. The lowest BCUT2D eigenvalue weighted by molar-refractivity contribution is 0.0761. The van der Waals surface area contributed by atoms with Crippen molar-refractivity contribution in [3.63, 3.8) is 0 Å². The molecular weight excluding hydrogens is 236 g/mol. The summed E-state index contributed by atoms with van der Waals surface area (Å²) in [5.74, 6) is -1.15. The summed E-state index contributed by atoms with van der Waals surface area (Å²) in [4.78, 5) is 11.9. The number of β-amino-alcohol motifs (C(OH)–C–C–N with tert-alkyl or cyclic N) is 1. The minimum Gasteiger partial charge on any atom is -0.507 e. The highest BCUT2D eigenvalue weighted by molar-refractivity contribution is 5.99. The predicted octanol–water partition coefficient (Wildman–Crippen LogP) is -0.450. The smallest absolute Gasteiger partial charge is 0.259 e. The number of benzene rings is 1. The van der Waals surface area contributed by atoms with Crippen molar-refractivity contribution in [1.82, 2.24) is 10.6 Å². The van der Waals surface area contributed by atoms with E-state index in [4.69, 9.17) is 0 Å². The Hall–Kier alpha value is -1.79. The second-order valence-electron chi connectivity index (χ2n) is 4.31. The molecule has 0 bridgehead atoms. The topological polar surface area (TPSA) is 102 Å². The van der Waals surface area contributed by atoms with Crippen LogP contribution in [0.2, 0.25) is 0 Å². The molecule has 2 rings (SSSR count). The molecule has 1 aliphatic rings. The van der Waals surface area contributed by atoms with E-state index in [0.29, 0.717) is 19.5 Å². The maximum absolute atomic E-state index is 11.9. The van der Waals surface area contributed by atoms with Gasteiger partial charge in [0.25, 0.3) is 5.91 Å². The summed E-state index contributed by atoms with van der Waals surface area (Å²) < 4.78 is 0. The molecule has 6 heteroatoms. The number of carbonyl (C=O) groups excluding carboxylic acids is 1. The highest BCUT2D eigenvalue weighted by atomic mass is 16.3. The molecule has 2 atom stereocenters. The Kier molecular flexibility index (Phi) is 3.69. The summed E-state index contributed by atoms with van der Waals surface area (Å²) >= 11 is 0. The third kappa shape index (κ3) is 2.55. The van der Waals surface area contributed by atoms with Crippen LogP contribution in [0.3, 0.4) is 0 Å². The molecule has 1 aromatic carbocycles. The van der Waals surface area contributed by atoms with Gasteiger partial charge in [0, 0.05) is 6.54 Å². The van der Waals surface area contributed by atoms with Gasteiger partial charge in [0.15, 0.2) is 0 Å². The molecule has 0 aromatic heterocycles. The molecule has 6 nitrogen and oxygen atoms in total. The van der Waals surface area contributed by atoms with Crippen LogP contribution in [0.25, 0.3) is 0 Å². The third-order valence-corrected chi connectivity index (χ3v) is 3.01. The number of rotatable bonds is 2. The molecule has 0 spiro atoms. The average Bonchev–Trinajstić information content (AvgIpc) is 2.32. The van der Waals surface area contributed by atoms with Crippen LogP contribution in [0.15, 0.2) is 18.2 Å². The number of hydrogen-bond acceptors (Lipinski definition) is 5. The maximum Gasteiger partial charge on any atom is 0.259 e. The first kappa shape index (κ1) is 12.7. The average molecular weight is 252 g/mol. The minimum absolute atomic E-state index is 0.164. The fourth-order valence-corrected chi connectivity index (χ4v) is 2.01. The highest BCUT2D eigenvalue weighted by Crippen LogP contribution is 2.26. The number of aromatic hydroxyl groups is 2. The third-order valence-electron chi connectivity index (χ3n) is 3.01. The van der Waals surface area contributed by atoms with Crippen LogP contribution in [0.5, 0.6) is 11.5 Å². The molecule has 98 valence electrons. The number of aliphatic hydroxyl groups is 1. The molecule has 1 fully saturated rings. The van der Waals surface area contributed by atoms with Crippen molar-refractivity contribution >= 4 is 5.91 Å². The standard InChI is InChI=1S/C12H16N2O4/c15-8-2-1-3-9(16)11(8)12(18)14-7-4-5-13-6-10(7)17/h1-3,7,10,13,15-17H,4-6H2,(H,14,18)/t7-,10-/m1/s1. The van der Waals surface area contributed by atoms with E-state index in [-0.39, 0.29) is 23.1 Å². The van der Waals surface area contributed by atoms with Gasteiger partial charge in [0.2, 0.25) is 0 Å². The summed E-state index contributed by atoms with van der Waals surface area (Å²) in [5, 5.41) is 34.4. The van der Waals surface area contributed by atoms with Crippen molar-refractivity contribution in [2.75, 3.05) is 13.1 Å². The van der Waals surface area contributed by atoms with Crippen LogP contribution in [-0.2, 0) is 0 Å². The van der Waals surface area contributed by atoms with Gasteiger partial charge in [0.1, 0.15) is 17.1 Å². The van der Waals surface area contributed by atoms with Crippen molar-refractivity contribution < 1.29 is 20.1 Å². The van der Waals surface area contributed by atoms with E-state index in [2.05, 4.69) is 10.6 Å². The van der Waals surface area contributed by atoms with Gasteiger partial charge in [-0.15, -0.1) is 0 Å². The first-order chi connectivity index (χ1) is 8.59. The zero-order valence-corrected chi connectivity index (χ0v) is 9.76. The van der Waals surface area contributed by atoms with Gasteiger partial charge in [-0.05, 0) is 25.1 Å². The van der Waals surface area contributed by atoms with Crippen molar-refractivity contribution in [2.45, 2.75) is 18.6 Å². The molecule has 1 amide bonds. The van der Waals surface area contributed by atoms with Crippen LogP contribution >= 0.6 is 0 Å². The molecule has 0 aliphatic carbocycles. The number of carbonyl (C=O) groups is 1. The van der Waals surface area contributed by atoms with Crippen molar-refractivity contribution in [3.05, 3.63) is 23.8 Å². The van der Waals surface area contributed by atoms with Gasteiger partial charge < -0.3 is 26.0 Å². The largest absolute Gasteiger partial charge is 0.507 e. The molecule has 1 saturated heterocycles. The monoisotopic (exact) mass is 252 g/mol. The number of aliphatic hydroxyl groups excluding tert-OH is 1. The molecule has 0 unspecified atom stereocenters. The molecule has 5 N–H and O–H groups in total. The minimum atomic E-state index is -0.671. The van der Waals surface area contributed by atoms with Gasteiger partial charge in [-0.1, -0.05) is 6.07 Å². The number of phenols is 2. The lowest BCUT2D eigenvalue weighted by atomic mass is 10.0. The van der Waals surface area contributed by atoms with Crippen LogP contribution in [0.1, 0.15) is 16.8 Å². The zero-order chi connectivity index (χ0) is 13.1. The van der Waals surface area contributed by atoms with Gasteiger partial charge in [-0.3, -0.25) is 4.79 Å². The number of hydrogen-bond donors (Lipinski definition) is 5. The zero-order valence-electron chi connectivity index (χ0n) is 9.76. The normalized spacial score (nSPS) is 23.6. The van der Waals surface area contributed by atoms with Gasteiger partial charge in [-0.25, -0.2) is 0 Å². The van der Waals surface area contributed by atoms with Crippen molar-refractivity contribution in [2.24, 2.45) is 0 Å².